The van der Waals surface area contributed by atoms with Gasteiger partial charge in [-0.05, 0) is 30.2 Å². The predicted molar refractivity (Wildman–Crippen MR) is 112 cm³/mol. The molecule has 5 heteroatoms. The fourth-order valence-electron chi connectivity index (χ4n) is 5.46. The second-order valence-electron chi connectivity index (χ2n) is 8.42. The van der Waals surface area contributed by atoms with Gasteiger partial charge in [-0.15, -0.1) is 0 Å². The van der Waals surface area contributed by atoms with E-state index < -0.39 is 0 Å². The summed E-state index contributed by atoms with van der Waals surface area (Å²) in [6.45, 7) is 5.61. The van der Waals surface area contributed by atoms with Crippen molar-refractivity contribution in [3.63, 3.8) is 0 Å². The zero-order valence-corrected chi connectivity index (χ0v) is 16.3. The van der Waals surface area contributed by atoms with Gasteiger partial charge in [-0.2, -0.15) is 0 Å². The molecule has 5 nitrogen and oxygen atoms in total. The van der Waals surface area contributed by atoms with Gasteiger partial charge in [0.05, 0.1) is 11.4 Å². The molecule has 0 amide bonds. The van der Waals surface area contributed by atoms with Crippen molar-refractivity contribution >= 4 is 22.5 Å². The number of hydrogen-bond acceptors (Lipinski definition) is 5. The van der Waals surface area contributed by atoms with Crippen LogP contribution in [0.25, 0.3) is 11.1 Å². The molecule has 0 bridgehead atoms. The molecular formula is C23H26N4O. The maximum atomic E-state index is 5.92. The normalized spacial score (nSPS) is 23.9. The van der Waals surface area contributed by atoms with E-state index in [4.69, 9.17) is 4.42 Å². The van der Waals surface area contributed by atoms with Crippen LogP contribution < -0.4 is 9.80 Å². The number of hydrogen-bond donors (Lipinski definition) is 0. The van der Waals surface area contributed by atoms with Crippen LogP contribution in [-0.2, 0) is 6.42 Å². The summed E-state index contributed by atoms with van der Waals surface area (Å²) in [5.74, 6) is 1.48. The Labute approximate surface area is 165 Å². The Morgan fingerprint density at radius 2 is 2.00 bits per heavy atom. The van der Waals surface area contributed by atoms with Crippen molar-refractivity contribution < 1.29 is 4.42 Å². The Morgan fingerprint density at radius 3 is 2.93 bits per heavy atom. The van der Waals surface area contributed by atoms with E-state index in [-0.39, 0.29) is 0 Å². The first-order chi connectivity index (χ1) is 13.8. The second-order valence-corrected chi connectivity index (χ2v) is 8.42. The molecule has 28 heavy (non-hydrogen) atoms. The summed E-state index contributed by atoms with van der Waals surface area (Å²) in [5.41, 5.74) is 6.34. The first-order valence-corrected chi connectivity index (χ1v) is 10.5. The highest BCUT2D eigenvalue weighted by atomic mass is 16.3. The highest BCUT2D eigenvalue weighted by Crippen LogP contribution is 2.50. The van der Waals surface area contributed by atoms with Gasteiger partial charge in [0.25, 0.3) is 0 Å². The zero-order chi connectivity index (χ0) is 18.7. The van der Waals surface area contributed by atoms with Crippen molar-refractivity contribution in [1.82, 2.24) is 9.88 Å². The van der Waals surface area contributed by atoms with Gasteiger partial charge in [0.1, 0.15) is 5.52 Å². The van der Waals surface area contributed by atoms with E-state index in [1.807, 2.05) is 24.3 Å². The number of anilines is 2. The van der Waals surface area contributed by atoms with E-state index in [2.05, 4.69) is 44.9 Å². The Balaban J connectivity index is 1.20. The minimum atomic E-state index is 0.624. The quantitative estimate of drug-likeness (QED) is 0.701. The summed E-state index contributed by atoms with van der Waals surface area (Å²) < 4.78 is 5.92. The van der Waals surface area contributed by atoms with E-state index >= 15 is 0 Å². The highest BCUT2D eigenvalue weighted by Gasteiger charge is 2.44. The van der Waals surface area contributed by atoms with Crippen molar-refractivity contribution in [3.05, 3.63) is 53.9 Å². The molecule has 3 aliphatic rings. The number of aromatic nitrogens is 1. The molecule has 4 heterocycles. The summed E-state index contributed by atoms with van der Waals surface area (Å²) in [4.78, 5) is 12.4. The van der Waals surface area contributed by atoms with Gasteiger partial charge >= 0.3 is 0 Å². The number of fused-ring (bicyclic) bond motifs is 4. The number of likely N-dealkylation sites (tertiary alicyclic amines) is 1. The molecule has 0 saturated carbocycles. The molecule has 0 radical (unpaired) electrons. The number of likely N-dealkylation sites (N-methyl/N-ethyl adjacent to an activating group) is 1. The lowest BCUT2D eigenvalue weighted by molar-refractivity contribution is 0.192. The number of rotatable bonds is 3. The second kappa shape index (κ2) is 6.24. The topological polar surface area (TPSA) is 35.8 Å². The Bertz CT molecular complexity index is 995. The van der Waals surface area contributed by atoms with Gasteiger partial charge < -0.3 is 19.1 Å². The summed E-state index contributed by atoms with van der Waals surface area (Å²) in [6, 6.07) is 15.6. The molecule has 1 saturated heterocycles. The monoisotopic (exact) mass is 374 g/mol. The molecule has 6 rings (SSSR count). The van der Waals surface area contributed by atoms with Crippen molar-refractivity contribution in [1.29, 1.82) is 0 Å². The third-order valence-corrected chi connectivity index (χ3v) is 6.86. The Kier molecular flexibility index (Phi) is 3.66. The molecule has 0 unspecified atom stereocenters. The van der Waals surface area contributed by atoms with Crippen LogP contribution in [0.5, 0.6) is 0 Å². The summed E-state index contributed by atoms with van der Waals surface area (Å²) in [5, 5.41) is 0. The van der Waals surface area contributed by atoms with E-state index in [0.717, 1.165) is 56.1 Å². The largest absolute Gasteiger partial charge is 0.441 e. The average molecular weight is 374 g/mol. The molecular weight excluding hydrogens is 348 g/mol. The van der Waals surface area contributed by atoms with Crippen LogP contribution in [0.15, 0.2) is 46.9 Å². The number of benzene rings is 2. The van der Waals surface area contributed by atoms with Crippen molar-refractivity contribution in [2.24, 2.45) is 0 Å². The van der Waals surface area contributed by atoms with Gasteiger partial charge in [-0.1, -0.05) is 24.3 Å². The third-order valence-electron chi connectivity index (χ3n) is 6.86. The molecule has 2 atom stereocenters. The maximum absolute atomic E-state index is 5.92. The molecule has 0 N–H and O–H groups in total. The molecule has 144 valence electrons. The zero-order valence-electron chi connectivity index (χ0n) is 16.3. The minimum Gasteiger partial charge on any atom is -0.441 e. The number of oxazole rings is 1. The SMILES string of the molecule is CN1CCN2c3c(cccc31)[C@@H]1CN(CCc3nc4ccccc4o3)CC[C@@H]12. The standard InChI is InChI=1S/C23H26N4O/c1-25-13-14-27-19-9-11-26(15-17(19)16-5-4-7-20(25)23(16)27)12-10-22-24-18-6-2-3-8-21(18)28-22/h2-8,17,19H,9-15H2,1H3/t17-,19-/m0/s1. The average Bonchev–Trinajstić information content (AvgIpc) is 3.29. The van der Waals surface area contributed by atoms with Crippen molar-refractivity contribution in [3.8, 4) is 0 Å². The van der Waals surface area contributed by atoms with Crippen LogP contribution in [-0.4, -0.2) is 55.7 Å². The Morgan fingerprint density at radius 1 is 1.07 bits per heavy atom. The number of nitrogens with zero attached hydrogens (tertiary/aromatic N) is 4. The summed E-state index contributed by atoms with van der Waals surface area (Å²) in [6.07, 6.45) is 2.13. The lowest BCUT2D eigenvalue weighted by Gasteiger charge is -2.41. The van der Waals surface area contributed by atoms with Crippen LogP contribution in [0.3, 0.4) is 0 Å². The summed E-state index contributed by atoms with van der Waals surface area (Å²) >= 11 is 0. The van der Waals surface area contributed by atoms with E-state index in [1.165, 1.54) is 17.8 Å². The lowest BCUT2D eigenvalue weighted by atomic mass is 9.89. The molecule has 1 fully saturated rings. The minimum absolute atomic E-state index is 0.624. The molecule has 2 aromatic carbocycles. The number of piperidine rings is 1. The van der Waals surface area contributed by atoms with Crippen molar-refractivity contribution in [2.45, 2.75) is 24.8 Å². The van der Waals surface area contributed by atoms with Gasteiger partial charge in [0.15, 0.2) is 11.5 Å². The van der Waals surface area contributed by atoms with Gasteiger partial charge in [-0.3, -0.25) is 0 Å². The molecule has 0 aliphatic carbocycles. The van der Waals surface area contributed by atoms with E-state index in [9.17, 15) is 0 Å². The first-order valence-electron chi connectivity index (χ1n) is 10.5. The van der Waals surface area contributed by atoms with E-state index in [0.29, 0.717) is 12.0 Å². The van der Waals surface area contributed by atoms with Crippen LogP contribution in [0.1, 0.15) is 23.8 Å². The number of para-hydroxylation sites is 3. The van der Waals surface area contributed by atoms with E-state index in [1.54, 1.807) is 5.56 Å². The van der Waals surface area contributed by atoms with Crippen LogP contribution in [0.2, 0.25) is 0 Å². The molecule has 3 aliphatic heterocycles. The van der Waals surface area contributed by atoms with Crippen LogP contribution in [0.4, 0.5) is 11.4 Å². The molecule has 1 aromatic heterocycles. The highest BCUT2D eigenvalue weighted by molar-refractivity contribution is 5.80. The van der Waals surface area contributed by atoms with Crippen LogP contribution >= 0.6 is 0 Å². The predicted octanol–water partition coefficient (Wildman–Crippen LogP) is 3.50. The Hall–Kier alpha value is -2.53. The fraction of sp³-hybridized carbons (Fsp3) is 0.435. The van der Waals surface area contributed by atoms with Crippen LogP contribution in [0, 0.1) is 0 Å². The lowest BCUT2D eigenvalue weighted by Crippen LogP contribution is -2.49. The van der Waals surface area contributed by atoms with Gasteiger partial charge in [0.2, 0.25) is 0 Å². The third kappa shape index (κ3) is 2.46. The smallest absolute Gasteiger partial charge is 0.196 e. The van der Waals surface area contributed by atoms with Gasteiger partial charge in [-0.25, -0.2) is 4.98 Å². The summed E-state index contributed by atoms with van der Waals surface area (Å²) in [7, 11) is 2.22. The molecule has 3 aromatic rings. The van der Waals surface area contributed by atoms with Gasteiger partial charge in [0, 0.05) is 58.2 Å². The fourth-order valence-corrected chi connectivity index (χ4v) is 5.46. The van der Waals surface area contributed by atoms with Crippen molar-refractivity contribution in [2.75, 3.05) is 49.6 Å². The first kappa shape index (κ1) is 16.4. The maximum Gasteiger partial charge on any atom is 0.196 e. The molecule has 0 spiro atoms.